The first-order chi connectivity index (χ1) is 8.28. The van der Waals surface area contributed by atoms with Crippen LogP contribution in [0.1, 0.15) is 18.4 Å². The van der Waals surface area contributed by atoms with E-state index in [1.807, 2.05) is 31.2 Å². The van der Waals surface area contributed by atoms with Gasteiger partial charge in [0.1, 0.15) is 0 Å². The fourth-order valence-electron chi connectivity index (χ4n) is 1.71. The number of guanidine groups is 1. The van der Waals surface area contributed by atoms with Gasteiger partial charge >= 0.3 is 0 Å². The van der Waals surface area contributed by atoms with E-state index >= 15 is 0 Å². The summed E-state index contributed by atoms with van der Waals surface area (Å²) in [6.45, 7) is 1.93. The number of hydrogen-bond donors (Lipinski definition) is 2. The van der Waals surface area contributed by atoms with Crippen molar-refractivity contribution in [2.24, 2.45) is 18.0 Å². The summed E-state index contributed by atoms with van der Waals surface area (Å²) < 4.78 is 1.83. The molecule has 0 bridgehead atoms. The van der Waals surface area contributed by atoms with Crippen molar-refractivity contribution >= 4 is 5.96 Å². The van der Waals surface area contributed by atoms with Crippen molar-refractivity contribution < 1.29 is 0 Å². The second-order valence-corrected chi connectivity index (χ2v) is 4.60. The highest BCUT2D eigenvalue weighted by molar-refractivity contribution is 5.79. The van der Waals surface area contributed by atoms with Crippen molar-refractivity contribution in [3.63, 3.8) is 0 Å². The summed E-state index contributed by atoms with van der Waals surface area (Å²) in [5.41, 5.74) is 1.25. The highest BCUT2D eigenvalue weighted by Crippen LogP contribution is 2.27. The molecule has 1 fully saturated rings. The largest absolute Gasteiger partial charge is 0.356 e. The molecule has 1 aromatic heterocycles. The number of rotatable bonds is 5. The molecule has 0 amide bonds. The van der Waals surface area contributed by atoms with Crippen LogP contribution in [0.15, 0.2) is 17.4 Å². The molecule has 1 aliphatic rings. The van der Waals surface area contributed by atoms with Gasteiger partial charge in [0.25, 0.3) is 0 Å². The summed E-state index contributed by atoms with van der Waals surface area (Å²) in [6.07, 6.45) is 7.64. The van der Waals surface area contributed by atoms with Crippen LogP contribution in [0, 0.1) is 5.92 Å². The minimum absolute atomic E-state index is 0.867. The smallest absolute Gasteiger partial charge is 0.190 e. The molecule has 1 aromatic rings. The first-order valence-corrected chi connectivity index (χ1v) is 6.20. The summed E-state index contributed by atoms with van der Waals surface area (Å²) in [7, 11) is 3.75. The highest BCUT2D eigenvalue weighted by Gasteiger charge is 2.20. The maximum atomic E-state index is 4.20. The van der Waals surface area contributed by atoms with Crippen molar-refractivity contribution in [2.75, 3.05) is 20.1 Å². The monoisotopic (exact) mass is 235 g/mol. The number of nitrogens with one attached hydrogen (secondary N) is 2. The fraction of sp³-hybridized carbons (Fsp3) is 0.667. The molecular formula is C12H21N5. The van der Waals surface area contributed by atoms with Crippen molar-refractivity contribution in [3.05, 3.63) is 18.0 Å². The average molecular weight is 235 g/mol. The first kappa shape index (κ1) is 12.0. The highest BCUT2D eigenvalue weighted by atomic mass is 15.2. The zero-order valence-corrected chi connectivity index (χ0v) is 10.6. The SMILES string of the molecule is CN=C(NCCc1cnn(C)c1)NCC1CC1. The van der Waals surface area contributed by atoms with E-state index in [-0.39, 0.29) is 0 Å². The lowest BCUT2D eigenvalue weighted by molar-refractivity contribution is 0.734. The Bertz CT molecular complexity index is 378. The summed E-state index contributed by atoms with van der Waals surface area (Å²) in [4.78, 5) is 4.20. The Balaban J connectivity index is 1.65. The molecule has 5 heteroatoms. The number of nitrogens with zero attached hydrogens (tertiary/aromatic N) is 3. The quantitative estimate of drug-likeness (QED) is 0.578. The molecule has 0 saturated heterocycles. The van der Waals surface area contributed by atoms with Crippen LogP contribution < -0.4 is 10.6 Å². The predicted molar refractivity (Wildman–Crippen MR) is 69.0 cm³/mol. The van der Waals surface area contributed by atoms with Crippen LogP contribution >= 0.6 is 0 Å². The second kappa shape index (κ2) is 5.70. The Morgan fingerprint density at radius 3 is 2.94 bits per heavy atom. The fourth-order valence-corrected chi connectivity index (χ4v) is 1.71. The summed E-state index contributed by atoms with van der Waals surface area (Å²) in [6, 6.07) is 0. The number of aromatic nitrogens is 2. The van der Waals surface area contributed by atoms with Gasteiger partial charge in [-0.25, -0.2) is 0 Å². The maximum absolute atomic E-state index is 4.20. The Morgan fingerprint density at radius 1 is 1.53 bits per heavy atom. The van der Waals surface area contributed by atoms with E-state index in [9.17, 15) is 0 Å². The van der Waals surface area contributed by atoms with E-state index < -0.39 is 0 Å². The Labute approximate surface area is 102 Å². The average Bonchev–Trinajstić information content (AvgIpc) is 3.06. The molecule has 0 unspecified atom stereocenters. The maximum Gasteiger partial charge on any atom is 0.190 e. The topological polar surface area (TPSA) is 54.2 Å². The number of aryl methyl sites for hydroxylation is 1. The molecule has 0 radical (unpaired) electrons. The molecular weight excluding hydrogens is 214 g/mol. The lowest BCUT2D eigenvalue weighted by Gasteiger charge is -2.10. The lowest BCUT2D eigenvalue weighted by atomic mass is 10.2. The Hall–Kier alpha value is -1.52. The van der Waals surface area contributed by atoms with E-state index in [1.54, 1.807) is 0 Å². The predicted octanol–water partition coefficient (Wildman–Crippen LogP) is 0.538. The van der Waals surface area contributed by atoms with Crippen molar-refractivity contribution in [1.29, 1.82) is 0 Å². The van der Waals surface area contributed by atoms with Gasteiger partial charge in [-0.05, 0) is 30.7 Å². The third-order valence-corrected chi connectivity index (χ3v) is 2.94. The van der Waals surface area contributed by atoms with E-state index in [2.05, 4.69) is 20.7 Å². The van der Waals surface area contributed by atoms with Crippen molar-refractivity contribution in [3.8, 4) is 0 Å². The van der Waals surface area contributed by atoms with Crippen LogP contribution in [0.4, 0.5) is 0 Å². The summed E-state index contributed by atoms with van der Waals surface area (Å²) >= 11 is 0. The molecule has 1 heterocycles. The van der Waals surface area contributed by atoms with Crippen LogP contribution in [-0.2, 0) is 13.5 Å². The Morgan fingerprint density at radius 2 is 2.35 bits per heavy atom. The number of aliphatic imine (C=N–C) groups is 1. The second-order valence-electron chi connectivity index (χ2n) is 4.60. The molecule has 94 valence electrons. The lowest BCUT2D eigenvalue weighted by Crippen LogP contribution is -2.39. The van der Waals surface area contributed by atoms with Gasteiger partial charge in [-0.3, -0.25) is 9.67 Å². The van der Waals surface area contributed by atoms with Gasteiger partial charge in [-0.1, -0.05) is 0 Å². The summed E-state index contributed by atoms with van der Waals surface area (Å²) in [5, 5.41) is 10.8. The molecule has 0 spiro atoms. The van der Waals surface area contributed by atoms with Crippen LogP contribution in [-0.4, -0.2) is 35.9 Å². The normalized spacial score (nSPS) is 16.0. The van der Waals surface area contributed by atoms with Crippen LogP contribution in [0.2, 0.25) is 0 Å². The molecule has 1 aliphatic carbocycles. The van der Waals surface area contributed by atoms with E-state index in [0.29, 0.717) is 0 Å². The van der Waals surface area contributed by atoms with Crippen LogP contribution in [0.5, 0.6) is 0 Å². The third-order valence-electron chi connectivity index (χ3n) is 2.94. The van der Waals surface area contributed by atoms with E-state index in [4.69, 9.17) is 0 Å². The molecule has 5 nitrogen and oxygen atoms in total. The summed E-state index contributed by atoms with van der Waals surface area (Å²) in [5.74, 6) is 1.77. The van der Waals surface area contributed by atoms with Gasteiger partial charge in [0.15, 0.2) is 5.96 Å². The molecule has 2 rings (SSSR count). The molecule has 0 atom stereocenters. The molecule has 17 heavy (non-hydrogen) atoms. The van der Waals surface area contributed by atoms with E-state index in [1.165, 1.54) is 18.4 Å². The number of hydrogen-bond acceptors (Lipinski definition) is 2. The molecule has 1 saturated carbocycles. The zero-order valence-electron chi connectivity index (χ0n) is 10.6. The van der Waals surface area contributed by atoms with Gasteiger partial charge in [0, 0.05) is 33.4 Å². The van der Waals surface area contributed by atoms with Gasteiger partial charge < -0.3 is 10.6 Å². The molecule has 0 aromatic carbocycles. The van der Waals surface area contributed by atoms with Gasteiger partial charge in [0.2, 0.25) is 0 Å². The van der Waals surface area contributed by atoms with E-state index in [0.717, 1.165) is 31.4 Å². The van der Waals surface area contributed by atoms with Crippen LogP contribution in [0.25, 0.3) is 0 Å². The minimum atomic E-state index is 0.867. The zero-order chi connectivity index (χ0) is 12.1. The van der Waals surface area contributed by atoms with Crippen LogP contribution in [0.3, 0.4) is 0 Å². The molecule has 0 aliphatic heterocycles. The standard InChI is InChI=1S/C12H21N5/c1-13-12(15-7-10-3-4-10)14-6-5-11-8-16-17(2)9-11/h8-10H,3-7H2,1-2H3,(H2,13,14,15). The minimum Gasteiger partial charge on any atom is -0.356 e. The van der Waals surface area contributed by atoms with Gasteiger partial charge in [-0.15, -0.1) is 0 Å². The van der Waals surface area contributed by atoms with Gasteiger partial charge in [-0.2, -0.15) is 5.10 Å². The third kappa shape index (κ3) is 4.09. The molecule has 2 N–H and O–H groups in total. The van der Waals surface area contributed by atoms with Gasteiger partial charge in [0.05, 0.1) is 6.20 Å². The Kier molecular flexibility index (Phi) is 4.01. The van der Waals surface area contributed by atoms with Crippen molar-refractivity contribution in [2.45, 2.75) is 19.3 Å². The first-order valence-electron chi connectivity index (χ1n) is 6.20. The van der Waals surface area contributed by atoms with Crippen molar-refractivity contribution in [1.82, 2.24) is 20.4 Å².